The molecule has 1 atom stereocenters. The molecule has 1 aromatic heterocycles. The van der Waals surface area contributed by atoms with Crippen LogP contribution >= 0.6 is 0 Å². The van der Waals surface area contributed by atoms with Crippen LogP contribution in [0.4, 0.5) is 4.39 Å². The molecular weight excluding hydrogens is 367 g/mol. The van der Waals surface area contributed by atoms with Crippen LogP contribution < -0.4 is 4.74 Å². The molecule has 5 heteroatoms. The van der Waals surface area contributed by atoms with Gasteiger partial charge in [0, 0.05) is 11.6 Å². The Morgan fingerprint density at radius 2 is 2.07 bits per heavy atom. The Labute approximate surface area is 170 Å². The molecule has 0 aliphatic carbocycles. The van der Waals surface area contributed by atoms with Crippen molar-refractivity contribution in [1.29, 1.82) is 0 Å². The van der Waals surface area contributed by atoms with Crippen molar-refractivity contribution in [3.63, 3.8) is 0 Å². The normalized spacial score (nSPS) is 12.4. The fraction of sp³-hybridized carbons (Fsp3) is 0.250. The van der Waals surface area contributed by atoms with Gasteiger partial charge in [-0.05, 0) is 62.1 Å². The summed E-state index contributed by atoms with van der Waals surface area (Å²) in [4.78, 5) is 9.06. The largest absolute Gasteiger partial charge is 0.489 e. The van der Waals surface area contributed by atoms with E-state index in [1.165, 1.54) is 6.07 Å². The zero-order chi connectivity index (χ0) is 20.6. The van der Waals surface area contributed by atoms with Gasteiger partial charge in [-0.15, -0.1) is 0 Å². The van der Waals surface area contributed by atoms with Crippen LogP contribution in [-0.4, -0.2) is 27.8 Å². The number of aliphatic hydroxyl groups excluding tert-OH is 1. The van der Waals surface area contributed by atoms with E-state index >= 15 is 0 Å². The molecule has 0 amide bonds. The molecule has 150 valence electrons. The van der Waals surface area contributed by atoms with Crippen LogP contribution in [0.25, 0.3) is 28.2 Å². The van der Waals surface area contributed by atoms with E-state index in [1.807, 2.05) is 30.4 Å². The van der Waals surface area contributed by atoms with E-state index in [-0.39, 0.29) is 11.9 Å². The second kappa shape index (κ2) is 9.94. The second-order valence-electron chi connectivity index (χ2n) is 6.92. The molecule has 0 radical (unpaired) electrons. The van der Waals surface area contributed by atoms with Gasteiger partial charge in [0.1, 0.15) is 18.2 Å². The number of hydrogen-bond donors (Lipinski definition) is 1. The number of fused-ring (bicyclic) bond motifs is 1. The van der Waals surface area contributed by atoms with Crippen LogP contribution in [0.1, 0.15) is 31.9 Å². The molecule has 3 rings (SSSR count). The topological polar surface area (TPSA) is 55.2 Å². The average molecular weight is 392 g/mol. The van der Waals surface area contributed by atoms with Crippen molar-refractivity contribution in [2.45, 2.75) is 32.3 Å². The first-order valence-electron chi connectivity index (χ1n) is 9.72. The molecule has 4 nitrogen and oxygen atoms in total. The summed E-state index contributed by atoms with van der Waals surface area (Å²) < 4.78 is 19.9. The number of unbranched alkanes of at least 4 members (excludes halogenated alkanes) is 1. The summed E-state index contributed by atoms with van der Waals surface area (Å²) in [5, 5.41) is 9.28. The molecule has 29 heavy (non-hydrogen) atoms. The molecule has 3 aromatic rings. The van der Waals surface area contributed by atoms with Crippen LogP contribution in [0, 0.1) is 5.82 Å². The van der Waals surface area contributed by atoms with Crippen molar-refractivity contribution < 1.29 is 14.2 Å². The maximum atomic E-state index is 14.5. The van der Waals surface area contributed by atoms with E-state index in [0.717, 1.165) is 36.0 Å². The zero-order valence-electron chi connectivity index (χ0n) is 16.5. The zero-order valence-corrected chi connectivity index (χ0v) is 16.5. The van der Waals surface area contributed by atoms with Crippen molar-refractivity contribution in [3.8, 4) is 16.9 Å². The summed E-state index contributed by atoms with van der Waals surface area (Å²) in [6.45, 7) is 5.71. The van der Waals surface area contributed by atoms with Gasteiger partial charge in [0.05, 0.1) is 29.0 Å². The Morgan fingerprint density at radius 1 is 1.21 bits per heavy atom. The van der Waals surface area contributed by atoms with Crippen molar-refractivity contribution >= 4 is 17.1 Å². The first-order chi connectivity index (χ1) is 14.1. The van der Waals surface area contributed by atoms with Gasteiger partial charge in [0.2, 0.25) is 0 Å². The molecule has 0 aliphatic rings. The number of nitrogens with zero attached hydrogens (tertiary/aromatic N) is 2. The molecule has 0 saturated heterocycles. The summed E-state index contributed by atoms with van der Waals surface area (Å²) >= 11 is 0. The standard InChI is InChI=1S/C24H25FN2O2/c1-3-13-29-20-10-11-21(22(25)15-20)18-9-12-23-24(14-18)26-16-19(27-23)8-6-4-5-7-17(2)28/h3,6,8-12,14-17,28H,1,4-5,7,13H2,2H3/b8-6+. The summed E-state index contributed by atoms with van der Waals surface area (Å²) in [6.07, 6.45) is 9.64. The molecule has 0 bridgehead atoms. The van der Waals surface area contributed by atoms with Gasteiger partial charge < -0.3 is 9.84 Å². The third-order valence-electron chi connectivity index (χ3n) is 4.46. The van der Waals surface area contributed by atoms with Gasteiger partial charge in [-0.3, -0.25) is 4.98 Å². The van der Waals surface area contributed by atoms with Crippen molar-refractivity contribution in [2.24, 2.45) is 0 Å². The molecule has 0 aliphatic heterocycles. The lowest BCUT2D eigenvalue weighted by Crippen LogP contribution is -1.97. The van der Waals surface area contributed by atoms with E-state index in [4.69, 9.17) is 4.74 Å². The number of halogens is 1. The highest BCUT2D eigenvalue weighted by atomic mass is 19.1. The third kappa shape index (κ3) is 5.72. The Kier molecular flexibility index (Phi) is 7.09. The smallest absolute Gasteiger partial charge is 0.134 e. The Bertz CT molecular complexity index is 1010. The minimum absolute atomic E-state index is 0.265. The highest BCUT2D eigenvalue weighted by Crippen LogP contribution is 2.28. The molecule has 0 fully saturated rings. The first kappa shape index (κ1) is 20.7. The van der Waals surface area contributed by atoms with Gasteiger partial charge in [-0.2, -0.15) is 0 Å². The summed E-state index contributed by atoms with van der Waals surface area (Å²) in [6, 6.07) is 10.3. The lowest BCUT2D eigenvalue weighted by atomic mass is 10.0. The second-order valence-corrected chi connectivity index (χ2v) is 6.92. The fourth-order valence-electron chi connectivity index (χ4n) is 2.98. The fourth-order valence-corrected chi connectivity index (χ4v) is 2.98. The van der Waals surface area contributed by atoms with Crippen LogP contribution in [0.2, 0.25) is 0 Å². The van der Waals surface area contributed by atoms with Gasteiger partial charge in [-0.1, -0.05) is 24.8 Å². The van der Waals surface area contributed by atoms with E-state index in [9.17, 15) is 9.50 Å². The number of benzene rings is 2. The van der Waals surface area contributed by atoms with Crippen molar-refractivity contribution in [1.82, 2.24) is 9.97 Å². The van der Waals surface area contributed by atoms with Crippen molar-refractivity contribution in [3.05, 3.63) is 72.8 Å². The quantitative estimate of drug-likeness (QED) is 0.382. The monoisotopic (exact) mass is 392 g/mol. The van der Waals surface area contributed by atoms with Gasteiger partial charge in [0.25, 0.3) is 0 Å². The van der Waals surface area contributed by atoms with Gasteiger partial charge in [0.15, 0.2) is 0 Å². The molecule has 1 N–H and O–H groups in total. The average Bonchev–Trinajstić information content (AvgIpc) is 2.71. The number of aliphatic hydroxyl groups is 1. The molecule has 0 spiro atoms. The summed E-state index contributed by atoms with van der Waals surface area (Å²) in [5.74, 6) is 0.118. The predicted octanol–water partition coefficient (Wildman–Crippen LogP) is 5.57. The number of rotatable bonds is 9. The molecule has 1 unspecified atom stereocenters. The lowest BCUT2D eigenvalue weighted by molar-refractivity contribution is 0.182. The van der Waals surface area contributed by atoms with Gasteiger partial charge >= 0.3 is 0 Å². The van der Waals surface area contributed by atoms with Crippen LogP contribution in [0.5, 0.6) is 5.75 Å². The maximum absolute atomic E-state index is 14.5. The minimum atomic E-state index is -0.351. The van der Waals surface area contributed by atoms with E-state index in [0.29, 0.717) is 23.4 Å². The number of aromatic nitrogens is 2. The van der Waals surface area contributed by atoms with E-state index < -0.39 is 0 Å². The summed E-state index contributed by atoms with van der Waals surface area (Å²) in [7, 11) is 0. The van der Waals surface area contributed by atoms with Crippen LogP contribution in [-0.2, 0) is 0 Å². The Balaban J connectivity index is 1.75. The Morgan fingerprint density at radius 3 is 2.83 bits per heavy atom. The third-order valence-corrected chi connectivity index (χ3v) is 4.46. The SMILES string of the molecule is C=CCOc1ccc(-c2ccc3nc(/C=C/CCCC(C)O)cnc3c2)c(F)c1. The Hall–Kier alpha value is -3.05. The molecular formula is C24H25FN2O2. The number of allylic oxidation sites excluding steroid dienone is 1. The maximum Gasteiger partial charge on any atom is 0.134 e. The lowest BCUT2D eigenvalue weighted by Gasteiger charge is -2.08. The summed E-state index contributed by atoms with van der Waals surface area (Å²) in [5.41, 5.74) is 3.46. The molecule has 1 heterocycles. The minimum Gasteiger partial charge on any atom is -0.489 e. The van der Waals surface area contributed by atoms with Crippen molar-refractivity contribution in [2.75, 3.05) is 6.61 Å². The number of ether oxygens (including phenoxy) is 1. The number of hydrogen-bond acceptors (Lipinski definition) is 4. The molecule has 0 saturated carbocycles. The first-order valence-corrected chi connectivity index (χ1v) is 9.72. The van der Waals surface area contributed by atoms with E-state index in [1.54, 1.807) is 31.3 Å². The molecule has 2 aromatic carbocycles. The van der Waals surface area contributed by atoms with Crippen LogP contribution in [0.15, 0.2) is 61.3 Å². The van der Waals surface area contributed by atoms with E-state index in [2.05, 4.69) is 16.5 Å². The highest BCUT2D eigenvalue weighted by molar-refractivity contribution is 5.82. The predicted molar refractivity (Wildman–Crippen MR) is 115 cm³/mol. The highest BCUT2D eigenvalue weighted by Gasteiger charge is 2.09. The van der Waals surface area contributed by atoms with Crippen LogP contribution in [0.3, 0.4) is 0 Å². The van der Waals surface area contributed by atoms with Gasteiger partial charge in [-0.25, -0.2) is 9.37 Å².